The second-order valence-corrected chi connectivity index (χ2v) is 9.24. The predicted octanol–water partition coefficient (Wildman–Crippen LogP) is 0.150. The van der Waals surface area contributed by atoms with Crippen molar-refractivity contribution in [3.63, 3.8) is 0 Å². The molecule has 0 aliphatic carbocycles. The molecule has 0 bridgehead atoms. The molecule has 3 heterocycles. The fourth-order valence-electron chi connectivity index (χ4n) is 3.12. The number of aromatic amines is 2. The van der Waals surface area contributed by atoms with Crippen LogP contribution >= 0.6 is 11.3 Å². The molecular weight excluding hydrogens is 392 g/mol. The van der Waals surface area contributed by atoms with E-state index in [9.17, 15) is 22.8 Å². The summed E-state index contributed by atoms with van der Waals surface area (Å²) in [6.07, 6.45) is 0.742. The van der Waals surface area contributed by atoms with Crippen LogP contribution in [0, 0.1) is 12.8 Å². The van der Waals surface area contributed by atoms with Gasteiger partial charge in [0.1, 0.15) is 0 Å². The third-order valence-electron chi connectivity index (χ3n) is 4.51. The molecule has 0 unspecified atom stereocenters. The monoisotopic (exact) mass is 412 g/mol. The van der Waals surface area contributed by atoms with Crippen molar-refractivity contribution in [1.82, 2.24) is 19.6 Å². The van der Waals surface area contributed by atoms with E-state index in [4.69, 9.17) is 0 Å². The van der Waals surface area contributed by atoms with Crippen LogP contribution in [0.4, 0.5) is 0 Å². The van der Waals surface area contributed by atoms with Crippen molar-refractivity contribution >= 4 is 27.3 Å². The number of hydrogen-bond acceptors (Lipinski definition) is 6. The lowest BCUT2D eigenvalue weighted by Crippen LogP contribution is -2.44. The van der Waals surface area contributed by atoms with E-state index in [0.29, 0.717) is 19.4 Å². The summed E-state index contributed by atoms with van der Waals surface area (Å²) in [6.45, 7) is 2.10. The highest BCUT2D eigenvalue weighted by atomic mass is 32.2. The van der Waals surface area contributed by atoms with E-state index in [1.165, 1.54) is 11.2 Å². The Morgan fingerprint density at radius 1 is 1.30 bits per heavy atom. The van der Waals surface area contributed by atoms with E-state index in [-0.39, 0.29) is 30.6 Å². The first-order valence-corrected chi connectivity index (χ1v) is 10.7. The van der Waals surface area contributed by atoms with Gasteiger partial charge in [0.25, 0.3) is 5.56 Å². The summed E-state index contributed by atoms with van der Waals surface area (Å²) in [7, 11) is -4.05. The SMILES string of the molecule is Cc1[nH]c(=O)[nH]c(=O)c1S(=O)(=O)N1CCC(C(=O)NCc2cccs2)CC1. The van der Waals surface area contributed by atoms with Gasteiger partial charge in [-0.3, -0.25) is 14.6 Å². The topological polar surface area (TPSA) is 132 Å². The molecule has 1 amide bonds. The molecule has 0 radical (unpaired) electrons. The van der Waals surface area contributed by atoms with Crippen LogP contribution in [-0.2, 0) is 21.4 Å². The first kappa shape index (κ1) is 19.5. The number of nitrogens with one attached hydrogen (secondary N) is 3. The maximum absolute atomic E-state index is 12.8. The Morgan fingerprint density at radius 2 is 2.00 bits per heavy atom. The molecule has 0 saturated carbocycles. The van der Waals surface area contributed by atoms with Gasteiger partial charge in [-0.15, -0.1) is 11.3 Å². The molecule has 2 aromatic rings. The Kier molecular flexibility index (Phi) is 5.63. The average molecular weight is 412 g/mol. The van der Waals surface area contributed by atoms with Gasteiger partial charge in [0.15, 0.2) is 4.90 Å². The van der Waals surface area contributed by atoms with Crippen LogP contribution in [-0.4, -0.2) is 41.7 Å². The molecule has 146 valence electrons. The summed E-state index contributed by atoms with van der Waals surface area (Å²) in [5.74, 6) is -0.370. The Bertz CT molecular complexity index is 1030. The molecule has 11 heteroatoms. The lowest BCUT2D eigenvalue weighted by atomic mass is 9.97. The minimum atomic E-state index is -4.05. The Balaban J connectivity index is 1.65. The third-order valence-corrected chi connectivity index (χ3v) is 7.44. The number of thiophene rings is 1. The maximum Gasteiger partial charge on any atom is 0.325 e. The van der Waals surface area contributed by atoms with Crippen LogP contribution in [0.2, 0.25) is 0 Å². The summed E-state index contributed by atoms with van der Waals surface area (Å²) < 4.78 is 26.8. The van der Waals surface area contributed by atoms with Gasteiger partial charge in [-0.25, -0.2) is 13.2 Å². The van der Waals surface area contributed by atoms with Crippen molar-refractivity contribution in [2.45, 2.75) is 31.2 Å². The molecule has 0 spiro atoms. The molecule has 3 N–H and O–H groups in total. The lowest BCUT2D eigenvalue weighted by Gasteiger charge is -2.30. The second kappa shape index (κ2) is 7.79. The van der Waals surface area contributed by atoms with E-state index in [2.05, 4.69) is 10.3 Å². The average Bonchev–Trinajstić information content (AvgIpc) is 3.12. The van der Waals surface area contributed by atoms with Gasteiger partial charge >= 0.3 is 5.69 Å². The zero-order valence-corrected chi connectivity index (χ0v) is 16.3. The van der Waals surface area contributed by atoms with Crippen LogP contribution < -0.4 is 16.6 Å². The van der Waals surface area contributed by atoms with Gasteiger partial charge in [0.05, 0.1) is 6.54 Å². The quantitative estimate of drug-likeness (QED) is 0.643. The first-order valence-electron chi connectivity index (χ1n) is 8.42. The van der Waals surface area contributed by atoms with Crippen molar-refractivity contribution in [2.24, 2.45) is 5.92 Å². The number of rotatable bonds is 5. The number of carbonyl (C=O) groups is 1. The molecule has 1 aliphatic heterocycles. The molecule has 0 atom stereocenters. The molecule has 9 nitrogen and oxygen atoms in total. The highest BCUT2D eigenvalue weighted by molar-refractivity contribution is 7.89. The second-order valence-electron chi connectivity index (χ2n) is 6.34. The molecule has 1 fully saturated rings. The largest absolute Gasteiger partial charge is 0.351 e. The summed E-state index contributed by atoms with van der Waals surface area (Å²) >= 11 is 1.56. The zero-order valence-electron chi connectivity index (χ0n) is 14.6. The Morgan fingerprint density at radius 3 is 2.59 bits per heavy atom. The van der Waals surface area contributed by atoms with Crippen LogP contribution in [0.15, 0.2) is 32.0 Å². The van der Waals surface area contributed by atoms with Crippen molar-refractivity contribution in [1.29, 1.82) is 0 Å². The van der Waals surface area contributed by atoms with Crippen LogP contribution in [0.5, 0.6) is 0 Å². The number of aromatic nitrogens is 2. The summed E-state index contributed by atoms with van der Waals surface area (Å²) in [4.78, 5) is 40.4. The van der Waals surface area contributed by atoms with Crippen molar-refractivity contribution in [3.8, 4) is 0 Å². The Hall–Kier alpha value is -2.24. The highest BCUT2D eigenvalue weighted by Crippen LogP contribution is 2.23. The number of amides is 1. The van der Waals surface area contributed by atoms with Crippen molar-refractivity contribution < 1.29 is 13.2 Å². The summed E-state index contributed by atoms with van der Waals surface area (Å²) in [5.41, 5.74) is -1.69. The first-order chi connectivity index (χ1) is 12.8. The van der Waals surface area contributed by atoms with Crippen molar-refractivity contribution in [2.75, 3.05) is 13.1 Å². The van der Waals surface area contributed by atoms with E-state index >= 15 is 0 Å². The van der Waals surface area contributed by atoms with E-state index < -0.39 is 26.2 Å². The van der Waals surface area contributed by atoms with E-state index in [1.54, 1.807) is 11.3 Å². The number of nitrogens with zero attached hydrogens (tertiary/aromatic N) is 1. The normalized spacial score (nSPS) is 16.3. The highest BCUT2D eigenvalue weighted by Gasteiger charge is 2.34. The molecule has 2 aromatic heterocycles. The molecular formula is C16H20N4O5S2. The number of hydrogen-bond donors (Lipinski definition) is 3. The minimum absolute atomic E-state index is 0.000403. The number of aryl methyl sites for hydroxylation is 1. The number of H-pyrrole nitrogens is 2. The molecule has 3 rings (SSSR count). The van der Waals surface area contributed by atoms with Crippen molar-refractivity contribution in [3.05, 3.63) is 48.9 Å². The predicted molar refractivity (Wildman–Crippen MR) is 100 cm³/mol. The van der Waals surface area contributed by atoms with Gasteiger partial charge in [0, 0.05) is 29.6 Å². The summed E-state index contributed by atoms with van der Waals surface area (Å²) in [5, 5.41) is 4.81. The van der Waals surface area contributed by atoms with Gasteiger partial charge in [-0.1, -0.05) is 6.07 Å². The third kappa shape index (κ3) is 4.20. The number of piperidine rings is 1. The van der Waals surface area contributed by atoms with Crippen LogP contribution in [0.1, 0.15) is 23.4 Å². The fourth-order valence-corrected chi connectivity index (χ4v) is 5.44. The number of carbonyl (C=O) groups excluding carboxylic acids is 1. The Labute approximate surface area is 159 Å². The lowest BCUT2D eigenvalue weighted by molar-refractivity contribution is -0.126. The maximum atomic E-state index is 12.8. The smallest absolute Gasteiger partial charge is 0.325 e. The van der Waals surface area contributed by atoms with E-state index in [1.807, 2.05) is 22.5 Å². The van der Waals surface area contributed by atoms with Gasteiger partial charge in [-0.05, 0) is 31.2 Å². The fraction of sp³-hybridized carbons (Fsp3) is 0.438. The molecule has 27 heavy (non-hydrogen) atoms. The van der Waals surface area contributed by atoms with Gasteiger partial charge < -0.3 is 10.3 Å². The molecule has 0 aromatic carbocycles. The van der Waals surface area contributed by atoms with Gasteiger partial charge in [0.2, 0.25) is 15.9 Å². The van der Waals surface area contributed by atoms with Crippen LogP contribution in [0.25, 0.3) is 0 Å². The van der Waals surface area contributed by atoms with Gasteiger partial charge in [-0.2, -0.15) is 4.31 Å². The minimum Gasteiger partial charge on any atom is -0.351 e. The van der Waals surface area contributed by atoms with E-state index in [0.717, 1.165) is 4.88 Å². The standard InChI is InChI=1S/C16H20N4O5S2/c1-10-13(15(22)19-16(23)18-10)27(24,25)20-6-4-11(5-7-20)14(21)17-9-12-3-2-8-26-12/h2-3,8,11H,4-7,9H2,1H3,(H,17,21)(H2,18,19,22,23). The number of sulfonamides is 1. The molecule has 1 saturated heterocycles. The molecule has 1 aliphatic rings. The van der Waals surface area contributed by atoms with Crippen LogP contribution in [0.3, 0.4) is 0 Å². The zero-order chi connectivity index (χ0) is 19.6. The summed E-state index contributed by atoms with van der Waals surface area (Å²) in [6, 6.07) is 3.85.